The molecule has 0 spiro atoms. The molecule has 1 amide bonds. The van der Waals surface area contributed by atoms with Gasteiger partial charge in [0, 0.05) is 12.7 Å². The Labute approximate surface area is 116 Å². The van der Waals surface area contributed by atoms with Crippen molar-refractivity contribution in [1.82, 2.24) is 19.7 Å². The smallest absolute Gasteiger partial charge is 0.231 e. The van der Waals surface area contributed by atoms with Crippen LogP contribution in [0.3, 0.4) is 0 Å². The Kier molecular flexibility index (Phi) is 3.19. The minimum Gasteiger partial charge on any atom is -0.329 e. The zero-order chi connectivity index (χ0) is 14.0. The Hall–Kier alpha value is -2.28. The first-order valence-electron chi connectivity index (χ1n) is 6.57. The molecule has 0 aromatic carbocycles. The maximum Gasteiger partial charge on any atom is 0.231 e. The fourth-order valence-corrected chi connectivity index (χ4v) is 2.38. The van der Waals surface area contributed by atoms with Gasteiger partial charge in [-0.1, -0.05) is 6.42 Å². The maximum atomic E-state index is 12.4. The highest BCUT2D eigenvalue weighted by molar-refractivity contribution is 5.97. The minimum atomic E-state index is -0.421. The first-order chi connectivity index (χ1) is 9.75. The highest BCUT2D eigenvalue weighted by atomic mass is 16.2. The number of anilines is 1. The summed E-state index contributed by atoms with van der Waals surface area (Å²) in [6.07, 6.45) is 7.35. The molecule has 7 heteroatoms. The van der Waals surface area contributed by atoms with Gasteiger partial charge in [-0.15, -0.1) is 0 Å². The van der Waals surface area contributed by atoms with E-state index in [1.165, 1.54) is 11.0 Å². The Morgan fingerprint density at radius 3 is 2.95 bits per heavy atom. The minimum absolute atomic E-state index is 0.0411. The number of nitrogens with two attached hydrogens (primary N) is 1. The van der Waals surface area contributed by atoms with Gasteiger partial charge in [0.25, 0.3) is 0 Å². The molecule has 0 unspecified atom stereocenters. The van der Waals surface area contributed by atoms with Crippen molar-refractivity contribution in [2.75, 3.05) is 11.9 Å². The summed E-state index contributed by atoms with van der Waals surface area (Å²) in [5.74, 6) is 0.505. The molecule has 7 nitrogen and oxygen atoms in total. The fourth-order valence-electron chi connectivity index (χ4n) is 2.38. The zero-order valence-electron chi connectivity index (χ0n) is 11.0. The van der Waals surface area contributed by atoms with E-state index in [4.69, 9.17) is 5.73 Å². The number of pyridine rings is 1. The second-order valence-electron chi connectivity index (χ2n) is 5.01. The van der Waals surface area contributed by atoms with E-state index >= 15 is 0 Å². The second-order valence-corrected chi connectivity index (χ2v) is 5.01. The molecule has 1 aliphatic carbocycles. The SMILES string of the molecule is NCC1(C(=O)Nc2cccnc2-n2cncn2)CCC1. The van der Waals surface area contributed by atoms with Gasteiger partial charge in [-0.05, 0) is 25.0 Å². The van der Waals surface area contributed by atoms with Crippen LogP contribution in [0.2, 0.25) is 0 Å². The van der Waals surface area contributed by atoms with Crippen molar-refractivity contribution in [1.29, 1.82) is 0 Å². The van der Waals surface area contributed by atoms with Crippen LogP contribution in [0.15, 0.2) is 31.0 Å². The van der Waals surface area contributed by atoms with Gasteiger partial charge in [0.15, 0.2) is 5.82 Å². The van der Waals surface area contributed by atoms with E-state index in [1.54, 1.807) is 24.7 Å². The summed E-state index contributed by atoms with van der Waals surface area (Å²) in [5, 5.41) is 6.96. The first-order valence-corrected chi connectivity index (χ1v) is 6.57. The van der Waals surface area contributed by atoms with Gasteiger partial charge in [-0.3, -0.25) is 4.79 Å². The highest BCUT2D eigenvalue weighted by Crippen LogP contribution is 2.41. The lowest BCUT2D eigenvalue weighted by atomic mass is 9.68. The normalized spacial score (nSPS) is 16.4. The molecule has 0 bridgehead atoms. The predicted molar refractivity (Wildman–Crippen MR) is 73.1 cm³/mol. The van der Waals surface area contributed by atoms with Crippen molar-refractivity contribution in [2.45, 2.75) is 19.3 Å². The standard InChI is InChI=1S/C13H16N6O/c14-7-13(4-2-5-13)12(20)18-10-3-1-6-16-11(10)19-9-15-8-17-19/h1,3,6,8-9H,2,4-5,7,14H2,(H,18,20). The monoisotopic (exact) mass is 272 g/mol. The highest BCUT2D eigenvalue weighted by Gasteiger charge is 2.43. The van der Waals surface area contributed by atoms with E-state index in [-0.39, 0.29) is 5.91 Å². The largest absolute Gasteiger partial charge is 0.329 e. The van der Waals surface area contributed by atoms with E-state index in [0.29, 0.717) is 18.1 Å². The van der Waals surface area contributed by atoms with Crippen LogP contribution in [0.25, 0.3) is 5.82 Å². The zero-order valence-corrected chi connectivity index (χ0v) is 11.0. The first kappa shape index (κ1) is 12.7. The molecule has 2 aromatic heterocycles. The molecule has 3 N–H and O–H groups in total. The fraction of sp³-hybridized carbons (Fsp3) is 0.385. The molecular weight excluding hydrogens is 256 g/mol. The molecule has 0 aliphatic heterocycles. The molecule has 0 saturated heterocycles. The number of hydrogen-bond acceptors (Lipinski definition) is 5. The molecule has 20 heavy (non-hydrogen) atoms. The number of nitrogens with one attached hydrogen (secondary N) is 1. The van der Waals surface area contributed by atoms with E-state index < -0.39 is 5.41 Å². The van der Waals surface area contributed by atoms with Crippen LogP contribution < -0.4 is 11.1 Å². The Morgan fingerprint density at radius 1 is 1.50 bits per heavy atom. The van der Waals surface area contributed by atoms with Crippen molar-refractivity contribution in [3.8, 4) is 5.82 Å². The topological polar surface area (TPSA) is 98.7 Å². The Balaban J connectivity index is 1.86. The van der Waals surface area contributed by atoms with E-state index in [1.807, 2.05) is 0 Å². The molecule has 0 radical (unpaired) electrons. The van der Waals surface area contributed by atoms with Gasteiger partial charge >= 0.3 is 0 Å². The third kappa shape index (κ3) is 2.05. The summed E-state index contributed by atoms with van der Waals surface area (Å²) in [6.45, 7) is 0.373. The van der Waals surface area contributed by atoms with Gasteiger partial charge in [-0.2, -0.15) is 5.10 Å². The number of nitrogens with zero attached hydrogens (tertiary/aromatic N) is 4. The van der Waals surface area contributed by atoms with Crippen LogP contribution in [0.4, 0.5) is 5.69 Å². The molecule has 3 rings (SSSR count). The van der Waals surface area contributed by atoms with Crippen LogP contribution in [0.5, 0.6) is 0 Å². The molecular formula is C13H16N6O. The molecule has 0 atom stereocenters. The molecule has 2 heterocycles. The maximum absolute atomic E-state index is 12.4. The number of amides is 1. The van der Waals surface area contributed by atoms with Crippen molar-refractivity contribution in [2.24, 2.45) is 11.1 Å². The summed E-state index contributed by atoms with van der Waals surface area (Å²) < 4.78 is 1.52. The molecule has 2 aromatic rings. The number of hydrogen-bond donors (Lipinski definition) is 2. The van der Waals surface area contributed by atoms with Crippen LogP contribution >= 0.6 is 0 Å². The second kappa shape index (κ2) is 5.01. The Morgan fingerprint density at radius 2 is 2.35 bits per heavy atom. The van der Waals surface area contributed by atoms with Crippen LogP contribution in [-0.4, -0.2) is 32.2 Å². The summed E-state index contributed by atoms with van der Waals surface area (Å²) in [6, 6.07) is 3.57. The summed E-state index contributed by atoms with van der Waals surface area (Å²) in [7, 11) is 0. The number of rotatable bonds is 4. The molecule has 1 aliphatic rings. The number of aromatic nitrogens is 4. The van der Waals surface area contributed by atoms with Crippen molar-refractivity contribution < 1.29 is 4.79 Å². The lowest BCUT2D eigenvalue weighted by Gasteiger charge is -2.39. The van der Waals surface area contributed by atoms with Gasteiger partial charge in [-0.25, -0.2) is 14.6 Å². The summed E-state index contributed by atoms with van der Waals surface area (Å²) >= 11 is 0. The average molecular weight is 272 g/mol. The quantitative estimate of drug-likeness (QED) is 0.854. The van der Waals surface area contributed by atoms with Crippen LogP contribution in [-0.2, 0) is 4.79 Å². The van der Waals surface area contributed by atoms with Crippen molar-refractivity contribution in [3.63, 3.8) is 0 Å². The van der Waals surface area contributed by atoms with Crippen LogP contribution in [0.1, 0.15) is 19.3 Å². The van der Waals surface area contributed by atoms with Crippen molar-refractivity contribution >= 4 is 11.6 Å². The van der Waals surface area contributed by atoms with E-state index in [0.717, 1.165) is 19.3 Å². The summed E-state index contributed by atoms with van der Waals surface area (Å²) in [4.78, 5) is 20.5. The number of carbonyl (C=O) groups excluding carboxylic acids is 1. The van der Waals surface area contributed by atoms with E-state index in [9.17, 15) is 4.79 Å². The van der Waals surface area contributed by atoms with E-state index in [2.05, 4.69) is 20.4 Å². The lowest BCUT2D eigenvalue weighted by Crippen LogP contribution is -2.47. The van der Waals surface area contributed by atoms with Gasteiger partial charge in [0.05, 0.1) is 11.1 Å². The van der Waals surface area contributed by atoms with Crippen LogP contribution in [0, 0.1) is 5.41 Å². The average Bonchev–Trinajstić information content (AvgIpc) is 2.92. The molecule has 104 valence electrons. The van der Waals surface area contributed by atoms with Gasteiger partial charge in [0.1, 0.15) is 12.7 Å². The predicted octanol–water partition coefficient (Wildman–Crippen LogP) is 0.730. The molecule has 1 saturated carbocycles. The van der Waals surface area contributed by atoms with Gasteiger partial charge in [0.2, 0.25) is 5.91 Å². The summed E-state index contributed by atoms with van der Waals surface area (Å²) in [5.41, 5.74) is 5.94. The number of carbonyl (C=O) groups is 1. The lowest BCUT2D eigenvalue weighted by molar-refractivity contribution is -0.129. The molecule has 1 fully saturated rings. The third-order valence-corrected chi connectivity index (χ3v) is 3.85. The third-order valence-electron chi connectivity index (χ3n) is 3.85. The van der Waals surface area contributed by atoms with Crippen molar-refractivity contribution in [3.05, 3.63) is 31.0 Å². The Bertz CT molecular complexity index is 600. The van der Waals surface area contributed by atoms with Gasteiger partial charge < -0.3 is 11.1 Å².